The minimum atomic E-state index is 1.09. The van der Waals surface area contributed by atoms with Crippen molar-refractivity contribution in [1.82, 2.24) is 15.0 Å². The molecule has 3 nitrogen and oxygen atoms in total. The van der Waals surface area contributed by atoms with Crippen molar-refractivity contribution in [3.8, 4) is 55.6 Å². The SMILES string of the molecule is c1cncc(-c2cccc(-c3ccc4ccc5c(-c6cc(-c7cccnc7)cc(-c7cccnc7)c6)ccc6ccc3c4c65)c2)c1. The van der Waals surface area contributed by atoms with Gasteiger partial charge in [-0.15, -0.1) is 0 Å². The number of aromatic nitrogens is 3. The Morgan fingerprint density at radius 2 is 0.717 bits per heavy atom. The van der Waals surface area contributed by atoms with Crippen LogP contribution < -0.4 is 0 Å². The van der Waals surface area contributed by atoms with Crippen molar-refractivity contribution in [3.05, 3.63) is 165 Å². The van der Waals surface area contributed by atoms with Gasteiger partial charge in [-0.2, -0.15) is 0 Å². The topological polar surface area (TPSA) is 38.7 Å². The number of hydrogen-bond acceptors (Lipinski definition) is 3. The first kappa shape index (κ1) is 26.2. The molecule has 0 aliphatic rings. The van der Waals surface area contributed by atoms with Crippen LogP contribution in [0.4, 0.5) is 0 Å². The van der Waals surface area contributed by atoms with Crippen LogP contribution in [0.2, 0.25) is 0 Å². The number of hydrogen-bond donors (Lipinski definition) is 0. The van der Waals surface area contributed by atoms with Gasteiger partial charge in [0.05, 0.1) is 0 Å². The van der Waals surface area contributed by atoms with E-state index in [1.165, 1.54) is 54.6 Å². The van der Waals surface area contributed by atoms with Gasteiger partial charge in [0.2, 0.25) is 0 Å². The average molecular weight is 586 g/mol. The van der Waals surface area contributed by atoms with E-state index in [1.54, 1.807) is 0 Å². The van der Waals surface area contributed by atoms with Gasteiger partial charge >= 0.3 is 0 Å². The third-order valence-electron chi connectivity index (χ3n) is 9.07. The van der Waals surface area contributed by atoms with Gasteiger partial charge in [0.15, 0.2) is 0 Å². The van der Waals surface area contributed by atoms with E-state index in [0.717, 1.165) is 33.4 Å². The van der Waals surface area contributed by atoms with Crippen LogP contribution in [0.1, 0.15) is 0 Å². The maximum absolute atomic E-state index is 4.41. The van der Waals surface area contributed by atoms with Crippen LogP contribution in [0.5, 0.6) is 0 Å². The molecule has 9 rings (SSSR count). The number of benzene rings is 6. The summed E-state index contributed by atoms with van der Waals surface area (Å²) in [7, 11) is 0. The molecule has 0 saturated carbocycles. The van der Waals surface area contributed by atoms with Gasteiger partial charge in [0, 0.05) is 53.9 Å². The van der Waals surface area contributed by atoms with E-state index in [9.17, 15) is 0 Å². The fourth-order valence-electron chi connectivity index (χ4n) is 6.89. The minimum absolute atomic E-state index is 1.09. The van der Waals surface area contributed by atoms with Crippen LogP contribution in [0.25, 0.3) is 88.0 Å². The summed E-state index contributed by atoms with van der Waals surface area (Å²) >= 11 is 0. The molecule has 3 aromatic heterocycles. The van der Waals surface area contributed by atoms with E-state index < -0.39 is 0 Å². The molecule has 0 bridgehead atoms. The van der Waals surface area contributed by atoms with Crippen molar-refractivity contribution in [2.75, 3.05) is 0 Å². The van der Waals surface area contributed by atoms with Crippen molar-refractivity contribution < 1.29 is 0 Å². The summed E-state index contributed by atoms with van der Waals surface area (Å²) in [5, 5.41) is 7.60. The molecule has 6 aromatic carbocycles. The lowest BCUT2D eigenvalue weighted by molar-refractivity contribution is 1.32. The smallest absolute Gasteiger partial charge is 0.0346 e. The van der Waals surface area contributed by atoms with E-state index in [2.05, 4.69) is 124 Å². The molecular formula is C43H27N3. The highest BCUT2D eigenvalue weighted by molar-refractivity contribution is 6.27. The highest BCUT2D eigenvalue weighted by Gasteiger charge is 2.16. The Morgan fingerprint density at radius 3 is 1.24 bits per heavy atom. The third kappa shape index (κ3) is 4.41. The number of nitrogens with zero attached hydrogens (tertiary/aromatic N) is 3. The van der Waals surface area contributed by atoms with Crippen molar-refractivity contribution in [1.29, 1.82) is 0 Å². The second-order valence-electron chi connectivity index (χ2n) is 11.8. The van der Waals surface area contributed by atoms with E-state index in [1.807, 2.05) is 55.4 Å². The maximum Gasteiger partial charge on any atom is 0.0346 e. The molecule has 0 N–H and O–H groups in total. The largest absolute Gasteiger partial charge is 0.264 e. The van der Waals surface area contributed by atoms with Crippen LogP contribution in [-0.2, 0) is 0 Å². The first-order valence-corrected chi connectivity index (χ1v) is 15.5. The second kappa shape index (κ2) is 10.8. The Bertz CT molecular complexity index is 2450. The molecule has 46 heavy (non-hydrogen) atoms. The fourth-order valence-corrected chi connectivity index (χ4v) is 6.89. The molecule has 9 aromatic rings. The van der Waals surface area contributed by atoms with Crippen molar-refractivity contribution in [2.45, 2.75) is 0 Å². The molecular weight excluding hydrogens is 558 g/mol. The lowest BCUT2D eigenvalue weighted by atomic mass is 9.86. The van der Waals surface area contributed by atoms with E-state index in [0.29, 0.717) is 0 Å². The quantitative estimate of drug-likeness (QED) is 0.189. The molecule has 0 amide bonds. The van der Waals surface area contributed by atoms with Gasteiger partial charge in [-0.3, -0.25) is 15.0 Å². The van der Waals surface area contributed by atoms with Gasteiger partial charge in [-0.25, -0.2) is 0 Å². The molecule has 3 heteroatoms. The molecule has 3 heterocycles. The van der Waals surface area contributed by atoms with Gasteiger partial charge in [-0.05, 0) is 114 Å². The van der Waals surface area contributed by atoms with Crippen molar-refractivity contribution in [3.63, 3.8) is 0 Å². The summed E-state index contributed by atoms with van der Waals surface area (Å²) in [5.74, 6) is 0. The van der Waals surface area contributed by atoms with Crippen LogP contribution in [-0.4, -0.2) is 15.0 Å². The van der Waals surface area contributed by atoms with Crippen LogP contribution >= 0.6 is 0 Å². The maximum atomic E-state index is 4.41. The lowest BCUT2D eigenvalue weighted by Crippen LogP contribution is -1.91. The molecule has 0 atom stereocenters. The molecule has 0 fully saturated rings. The van der Waals surface area contributed by atoms with Gasteiger partial charge in [-0.1, -0.05) is 84.9 Å². The van der Waals surface area contributed by atoms with Gasteiger partial charge in [0.25, 0.3) is 0 Å². The molecule has 0 saturated heterocycles. The molecule has 0 aliphatic carbocycles. The molecule has 0 radical (unpaired) electrons. The highest BCUT2D eigenvalue weighted by atomic mass is 14.6. The summed E-state index contributed by atoms with van der Waals surface area (Å²) in [6, 6.07) is 46.1. The monoisotopic (exact) mass is 585 g/mol. The van der Waals surface area contributed by atoms with Crippen LogP contribution in [0.3, 0.4) is 0 Å². The van der Waals surface area contributed by atoms with Crippen LogP contribution in [0.15, 0.2) is 165 Å². The van der Waals surface area contributed by atoms with Crippen LogP contribution in [0, 0.1) is 0 Å². The lowest BCUT2D eigenvalue weighted by Gasteiger charge is -2.18. The van der Waals surface area contributed by atoms with E-state index >= 15 is 0 Å². The number of rotatable bonds is 5. The van der Waals surface area contributed by atoms with Gasteiger partial charge < -0.3 is 0 Å². The fraction of sp³-hybridized carbons (Fsp3) is 0. The third-order valence-corrected chi connectivity index (χ3v) is 9.07. The molecule has 214 valence electrons. The average Bonchev–Trinajstić information content (AvgIpc) is 3.14. The first-order chi connectivity index (χ1) is 22.8. The normalized spacial score (nSPS) is 11.5. The Kier molecular flexibility index (Phi) is 6.14. The highest BCUT2D eigenvalue weighted by Crippen LogP contribution is 2.43. The summed E-state index contributed by atoms with van der Waals surface area (Å²) in [6.07, 6.45) is 11.2. The first-order valence-electron chi connectivity index (χ1n) is 15.5. The van der Waals surface area contributed by atoms with Crippen molar-refractivity contribution >= 4 is 32.3 Å². The predicted molar refractivity (Wildman–Crippen MR) is 191 cm³/mol. The zero-order valence-corrected chi connectivity index (χ0v) is 24.9. The second-order valence-corrected chi connectivity index (χ2v) is 11.8. The standard InChI is InChI=1S/C43H27N3/c1-5-30(32-7-2-18-44-25-32)21-31(6-1)38-14-10-28-13-17-41-39(15-11-29-12-16-40(38)42(28)43(29)41)37-23-35(33-8-3-19-45-26-33)22-36(24-37)34-9-4-20-46-27-34/h1-27H. The number of pyridine rings is 3. The Hall–Kier alpha value is -6.19. The van der Waals surface area contributed by atoms with E-state index in [-0.39, 0.29) is 0 Å². The Balaban J connectivity index is 1.27. The summed E-state index contributed by atoms with van der Waals surface area (Å²) in [4.78, 5) is 13.2. The molecule has 0 unspecified atom stereocenters. The Morgan fingerprint density at radius 1 is 0.304 bits per heavy atom. The van der Waals surface area contributed by atoms with Gasteiger partial charge in [0.1, 0.15) is 0 Å². The molecule has 0 aliphatic heterocycles. The predicted octanol–water partition coefficient (Wildman–Crippen LogP) is 11.1. The summed E-state index contributed by atoms with van der Waals surface area (Å²) < 4.78 is 0. The van der Waals surface area contributed by atoms with Crippen molar-refractivity contribution in [2.24, 2.45) is 0 Å². The zero-order chi connectivity index (χ0) is 30.5. The Labute approximate surface area is 266 Å². The minimum Gasteiger partial charge on any atom is -0.264 e. The zero-order valence-electron chi connectivity index (χ0n) is 24.9. The summed E-state index contributed by atoms with van der Waals surface area (Å²) in [6.45, 7) is 0. The van der Waals surface area contributed by atoms with E-state index in [4.69, 9.17) is 0 Å². The molecule has 0 spiro atoms. The summed E-state index contributed by atoms with van der Waals surface area (Å²) in [5.41, 5.74) is 11.5.